The van der Waals surface area contributed by atoms with Crippen LogP contribution in [0.5, 0.6) is 0 Å². The van der Waals surface area contributed by atoms with Crippen LogP contribution >= 0.6 is 22.9 Å². The van der Waals surface area contributed by atoms with Crippen LogP contribution in [0.25, 0.3) is 5.52 Å². The third kappa shape index (κ3) is 1.75. The second-order valence-electron chi connectivity index (χ2n) is 3.52. The predicted molar refractivity (Wildman–Crippen MR) is 68.0 cm³/mol. The zero-order valence-corrected chi connectivity index (χ0v) is 10.2. The summed E-state index contributed by atoms with van der Waals surface area (Å²) in [5, 5.41) is 4.14. The summed E-state index contributed by atoms with van der Waals surface area (Å²) in [4.78, 5) is 12.9. The zero-order valence-electron chi connectivity index (χ0n) is 8.63. The molecule has 0 saturated carbocycles. The van der Waals surface area contributed by atoms with Gasteiger partial charge < -0.3 is 0 Å². The van der Waals surface area contributed by atoms with Gasteiger partial charge in [0.25, 0.3) is 0 Å². The van der Waals surface area contributed by atoms with Crippen LogP contribution in [0, 0.1) is 0 Å². The molecule has 0 spiro atoms. The highest BCUT2D eigenvalue weighted by Gasteiger charge is 2.16. The van der Waals surface area contributed by atoms with E-state index < -0.39 is 0 Å². The van der Waals surface area contributed by atoms with Crippen LogP contribution in [0.2, 0.25) is 4.34 Å². The quantitative estimate of drug-likeness (QED) is 0.664. The first-order valence-electron chi connectivity index (χ1n) is 4.98. The number of hydrogen-bond donors (Lipinski definition) is 0. The summed E-state index contributed by atoms with van der Waals surface area (Å²) >= 11 is 7.11. The number of ketones is 1. The van der Waals surface area contributed by atoms with Crippen molar-refractivity contribution in [1.82, 2.24) is 9.61 Å². The molecule has 0 fully saturated rings. The lowest BCUT2D eigenvalue weighted by atomic mass is 10.1. The topological polar surface area (TPSA) is 34.4 Å². The summed E-state index contributed by atoms with van der Waals surface area (Å²) in [6, 6.07) is 9.09. The average Bonchev–Trinajstić information content (AvgIpc) is 2.94. The van der Waals surface area contributed by atoms with E-state index in [0.717, 1.165) is 5.52 Å². The molecule has 3 aromatic heterocycles. The summed E-state index contributed by atoms with van der Waals surface area (Å²) in [7, 11) is 0. The lowest BCUT2D eigenvalue weighted by Gasteiger charge is -1.95. The highest BCUT2D eigenvalue weighted by Crippen LogP contribution is 2.25. The fourth-order valence-corrected chi connectivity index (χ4v) is 2.68. The number of hydrogen-bond acceptors (Lipinski definition) is 3. The predicted octanol–water partition coefficient (Wildman–Crippen LogP) is 3.28. The van der Waals surface area contributed by atoms with Crippen LogP contribution < -0.4 is 0 Å². The summed E-state index contributed by atoms with van der Waals surface area (Å²) in [6.45, 7) is 0. The molecule has 0 aliphatic heterocycles. The van der Waals surface area contributed by atoms with Crippen LogP contribution in [-0.4, -0.2) is 15.4 Å². The molecule has 3 nitrogen and oxygen atoms in total. The molecule has 5 heteroatoms. The fraction of sp³-hybridized carbons (Fsp3) is 0. The van der Waals surface area contributed by atoms with Gasteiger partial charge in [-0.2, -0.15) is 5.10 Å². The van der Waals surface area contributed by atoms with Crippen molar-refractivity contribution in [1.29, 1.82) is 0 Å². The number of carbonyl (C=O) groups excluding carboxylic acids is 1. The molecule has 0 amide bonds. The van der Waals surface area contributed by atoms with E-state index in [1.807, 2.05) is 24.4 Å². The van der Waals surface area contributed by atoms with Crippen molar-refractivity contribution < 1.29 is 4.79 Å². The standard InChI is InChI=1S/C12H7ClN2OS/c13-11-5-4-10(17-11)12(16)8-7-14-15-6-2-1-3-9(8)15/h1-7H. The van der Waals surface area contributed by atoms with Crippen molar-refractivity contribution in [3.05, 3.63) is 57.5 Å². The van der Waals surface area contributed by atoms with Gasteiger partial charge in [-0.15, -0.1) is 11.3 Å². The molecule has 3 rings (SSSR count). The minimum atomic E-state index is -0.0388. The Hall–Kier alpha value is -1.65. The monoisotopic (exact) mass is 262 g/mol. The van der Waals surface area contributed by atoms with Crippen molar-refractivity contribution in [2.45, 2.75) is 0 Å². The largest absolute Gasteiger partial charge is 0.288 e. The molecule has 0 aliphatic rings. The van der Waals surface area contributed by atoms with Gasteiger partial charge in [0.05, 0.1) is 26.5 Å². The Morgan fingerprint density at radius 3 is 2.94 bits per heavy atom. The molecule has 0 unspecified atom stereocenters. The van der Waals surface area contributed by atoms with E-state index in [-0.39, 0.29) is 5.78 Å². The Balaban J connectivity index is 2.13. The highest BCUT2D eigenvalue weighted by molar-refractivity contribution is 7.18. The molecule has 3 aromatic rings. The van der Waals surface area contributed by atoms with Gasteiger partial charge in [-0.3, -0.25) is 4.79 Å². The molecule has 17 heavy (non-hydrogen) atoms. The molecule has 84 valence electrons. The van der Waals surface area contributed by atoms with Gasteiger partial charge in [0.1, 0.15) is 0 Å². The minimum Gasteiger partial charge on any atom is -0.288 e. The molecule has 0 saturated heterocycles. The molecule has 0 atom stereocenters. The number of fused-ring (bicyclic) bond motifs is 1. The number of nitrogens with zero attached hydrogens (tertiary/aromatic N) is 2. The van der Waals surface area contributed by atoms with Crippen LogP contribution in [0.3, 0.4) is 0 Å². The third-order valence-electron chi connectivity index (χ3n) is 2.47. The number of aromatic nitrogens is 2. The lowest BCUT2D eigenvalue weighted by molar-refractivity contribution is 0.104. The minimum absolute atomic E-state index is 0.0388. The van der Waals surface area contributed by atoms with Gasteiger partial charge in [-0.25, -0.2) is 4.52 Å². The molecule has 0 N–H and O–H groups in total. The molecular weight excluding hydrogens is 256 g/mol. The van der Waals surface area contributed by atoms with Crippen molar-refractivity contribution >= 4 is 34.2 Å². The summed E-state index contributed by atoms with van der Waals surface area (Å²) in [6.07, 6.45) is 3.40. The van der Waals surface area contributed by atoms with Gasteiger partial charge in [0.2, 0.25) is 5.78 Å². The summed E-state index contributed by atoms with van der Waals surface area (Å²) < 4.78 is 2.30. The summed E-state index contributed by atoms with van der Waals surface area (Å²) in [5.41, 5.74) is 1.41. The van der Waals surface area contributed by atoms with E-state index in [0.29, 0.717) is 14.8 Å². The van der Waals surface area contributed by atoms with Crippen molar-refractivity contribution in [2.75, 3.05) is 0 Å². The maximum absolute atomic E-state index is 12.2. The maximum Gasteiger partial charge on any atom is 0.206 e. The van der Waals surface area contributed by atoms with Crippen molar-refractivity contribution in [2.24, 2.45) is 0 Å². The van der Waals surface area contributed by atoms with E-state index in [1.165, 1.54) is 11.3 Å². The van der Waals surface area contributed by atoms with Crippen LogP contribution in [0.1, 0.15) is 15.2 Å². The van der Waals surface area contributed by atoms with Crippen LogP contribution in [0.4, 0.5) is 0 Å². The zero-order chi connectivity index (χ0) is 11.8. The number of halogens is 1. The molecule has 0 bridgehead atoms. The van der Waals surface area contributed by atoms with Gasteiger partial charge in [0, 0.05) is 6.20 Å². The van der Waals surface area contributed by atoms with Gasteiger partial charge in [-0.05, 0) is 24.3 Å². The molecule has 0 aliphatic carbocycles. The van der Waals surface area contributed by atoms with Crippen LogP contribution in [-0.2, 0) is 0 Å². The van der Waals surface area contributed by atoms with Crippen molar-refractivity contribution in [3.63, 3.8) is 0 Å². The van der Waals surface area contributed by atoms with E-state index in [4.69, 9.17) is 11.6 Å². The van der Waals surface area contributed by atoms with Gasteiger partial charge >= 0.3 is 0 Å². The second-order valence-corrected chi connectivity index (χ2v) is 5.24. The normalized spacial score (nSPS) is 10.9. The Morgan fingerprint density at radius 1 is 1.29 bits per heavy atom. The van der Waals surface area contributed by atoms with E-state index >= 15 is 0 Å². The Morgan fingerprint density at radius 2 is 2.18 bits per heavy atom. The second kappa shape index (κ2) is 3.98. The number of rotatable bonds is 2. The molecule has 0 aromatic carbocycles. The SMILES string of the molecule is O=C(c1ccc(Cl)s1)c1cnn2ccccc12. The Labute approximate surface area is 106 Å². The van der Waals surface area contributed by atoms with E-state index in [1.54, 1.807) is 22.8 Å². The highest BCUT2D eigenvalue weighted by atomic mass is 35.5. The first-order valence-corrected chi connectivity index (χ1v) is 6.17. The summed E-state index contributed by atoms with van der Waals surface area (Å²) in [5.74, 6) is -0.0388. The number of carbonyl (C=O) groups is 1. The van der Waals surface area contributed by atoms with E-state index in [9.17, 15) is 4.79 Å². The average molecular weight is 263 g/mol. The lowest BCUT2D eigenvalue weighted by Crippen LogP contribution is -1.97. The molecule has 3 heterocycles. The number of pyridine rings is 1. The third-order valence-corrected chi connectivity index (χ3v) is 3.70. The smallest absolute Gasteiger partial charge is 0.206 e. The van der Waals surface area contributed by atoms with Crippen LogP contribution in [0.15, 0.2) is 42.7 Å². The molecule has 0 radical (unpaired) electrons. The Bertz CT molecular complexity index is 701. The van der Waals surface area contributed by atoms with Gasteiger partial charge in [-0.1, -0.05) is 17.7 Å². The first kappa shape index (κ1) is 10.5. The molecular formula is C12H7ClN2OS. The number of thiophene rings is 1. The fourth-order valence-electron chi connectivity index (χ4n) is 1.68. The Kier molecular flexibility index (Phi) is 2.46. The first-order chi connectivity index (χ1) is 8.25. The van der Waals surface area contributed by atoms with E-state index in [2.05, 4.69) is 5.10 Å². The van der Waals surface area contributed by atoms with Gasteiger partial charge in [0.15, 0.2) is 0 Å². The van der Waals surface area contributed by atoms with Crippen molar-refractivity contribution in [3.8, 4) is 0 Å². The maximum atomic E-state index is 12.2.